The van der Waals surface area contributed by atoms with Crippen LogP contribution in [-0.4, -0.2) is 18.9 Å². The maximum Gasteiger partial charge on any atom is 0.314 e. The van der Waals surface area contributed by atoms with E-state index in [0.717, 1.165) is 11.1 Å². The summed E-state index contributed by atoms with van der Waals surface area (Å²) >= 11 is 0. The van der Waals surface area contributed by atoms with E-state index in [1.54, 1.807) is 30.3 Å². The quantitative estimate of drug-likeness (QED) is 0.856. The van der Waals surface area contributed by atoms with Crippen molar-refractivity contribution in [3.63, 3.8) is 0 Å². The van der Waals surface area contributed by atoms with Gasteiger partial charge in [0.1, 0.15) is 5.75 Å². The molecule has 2 amide bonds. The number of rotatable bonds is 3. The number of nitrogens with one attached hydrogen (secondary N) is 2. The minimum absolute atomic E-state index is 0.500. The second-order valence-corrected chi connectivity index (χ2v) is 4.96. The molecular formula is C17H18N2O3. The molecule has 0 spiro atoms. The van der Waals surface area contributed by atoms with E-state index in [1.165, 1.54) is 7.11 Å². The van der Waals surface area contributed by atoms with E-state index in [0.29, 0.717) is 17.1 Å². The van der Waals surface area contributed by atoms with Crippen molar-refractivity contribution in [3.8, 4) is 5.75 Å². The lowest BCUT2D eigenvalue weighted by Gasteiger charge is -2.10. The average Bonchev–Trinajstić information content (AvgIpc) is 2.50. The molecule has 5 heteroatoms. The van der Waals surface area contributed by atoms with Gasteiger partial charge in [-0.2, -0.15) is 0 Å². The maximum absolute atomic E-state index is 12.0. The monoisotopic (exact) mass is 298 g/mol. The molecule has 0 aromatic heterocycles. The minimum atomic E-state index is -0.728. The number of benzene rings is 2. The zero-order valence-corrected chi connectivity index (χ0v) is 12.8. The number of carbonyl (C=O) groups is 2. The van der Waals surface area contributed by atoms with Crippen LogP contribution in [0.2, 0.25) is 0 Å². The van der Waals surface area contributed by atoms with Gasteiger partial charge in [-0.3, -0.25) is 9.59 Å². The molecule has 0 aliphatic carbocycles. The summed E-state index contributed by atoms with van der Waals surface area (Å²) in [4.78, 5) is 23.9. The first kappa shape index (κ1) is 15.6. The van der Waals surface area contributed by atoms with E-state index in [4.69, 9.17) is 4.74 Å². The van der Waals surface area contributed by atoms with Crippen molar-refractivity contribution in [3.05, 3.63) is 53.6 Å². The Kier molecular flexibility index (Phi) is 4.78. The molecular weight excluding hydrogens is 280 g/mol. The van der Waals surface area contributed by atoms with Crippen molar-refractivity contribution in [2.75, 3.05) is 17.7 Å². The van der Waals surface area contributed by atoms with Gasteiger partial charge in [-0.05, 0) is 37.6 Å². The Bertz CT molecular complexity index is 711. The van der Waals surface area contributed by atoms with Crippen LogP contribution in [0.25, 0.3) is 0 Å². The summed E-state index contributed by atoms with van der Waals surface area (Å²) in [6, 6.07) is 12.4. The Labute approximate surface area is 129 Å². The molecule has 2 N–H and O–H groups in total. The molecule has 0 heterocycles. The van der Waals surface area contributed by atoms with Crippen LogP contribution in [0, 0.1) is 13.8 Å². The molecule has 0 radical (unpaired) electrons. The first-order valence-electron chi connectivity index (χ1n) is 6.83. The Morgan fingerprint density at radius 2 is 1.68 bits per heavy atom. The molecule has 0 unspecified atom stereocenters. The number of carbonyl (C=O) groups excluding carboxylic acids is 2. The lowest BCUT2D eigenvalue weighted by Crippen LogP contribution is -2.29. The molecule has 0 saturated heterocycles. The van der Waals surface area contributed by atoms with Crippen molar-refractivity contribution >= 4 is 23.2 Å². The van der Waals surface area contributed by atoms with Gasteiger partial charge in [-0.15, -0.1) is 0 Å². The molecule has 5 nitrogen and oxygen atoms in total. The van der Waals surface area contributed by atoms with Gasteiger partial charge in [-0.1, -0.05) is 23.8 Å². The Balaban J connectivity index is 2.04. The van der Waals surface area contributed by atoms with Crippen LogP contribution < -0.4 is 15.4 Å². The van der Waals surface area contributed by atoms with Gasteiger partial charge in [-0.25, -0.2) is 0 Å². The summed E-state index contributed by atoms with van der Waals surface area (Å²) in [5, 5.41) is 5.14. The van der Waals surface area contributed by atoms with Crippen molar-refractivity contribution in [2.24, 2.45) is 0 Å². The number of amides is 2. The molecule has 0 aliphatic heterocycles. The van der Waals surface area contributed by atoms with Crippen molar-refractivity contribution in [1.82, 2.24) is 0 Å². The molecule has 0 aliphatic rings. The predicted molar refractivity (Wildman–Crippen MR) is 86.2 cm³/mol. The predicted octanol–water partition coefficient (Wildman–Crippen LogP) is 2.89. The smallest absolute Gasteiger partial charge is 0.314 e. The molecule has 0 fully saturated rings. The lowest BCUT2D eigenvalue weighted by molar-refractivity contribution is -0.133. The van der Waals surface area contributed by atoms with Gasteiger partial charge >= 0.3 is 11.8 Å². The Morgan fingerprint density at radius 1 is 0.955 bits per heavy atom. The second kappa shape index (κ2) is 6.76. The molecule has 114 valence electrons. The number of hydrogen-bond acceptors (Lipinski definition) is 3. The van der Waals surface area contributed by atoms with Gasteiger partial charge in [0.05, 0.1) is 7.11 Å². The van der Waals surface area contributed by atoms with Crippen molar-refractivity contribution in [1.29, 1.82) is 0 Å². The lowest BCUT2D eigenvalue weighted by atomic mass is 10.1. The van der Waals surface area contributed by atoms with Gasteiger partial charge < -0.3 is 15.4 Å². The number of methoxy groups -OCH3 is 1. The van der Waals surface area contributed by atoms with Crippen LogP contribution in [0.1, 0.15) is 11.1 Å². The van der Waals surface area contributed by atoms with E-state index in [2.05, 4.69) is 10.6 Å². The molecule has 2 rings (SSSR count). The van der Waals surface area contributed by atoms with E-state index in [9.17, 15) is 9.59 Å². The van der Waals surface area contributed by atoms with Crippen LogP contribution in [0.15, 0.2) is 42.5 Å². The highest BCUT2D eigenvalue weighted by Crippen LogP contribution is 2.18. The molecule has 0 saturated carbocycles. The molecule has 22 heavy (non-hydrogen) atoms. The summed E-state index contributed by atoms with van der Waals surface area (Å²) in [6.45, 7) is 3.84. The van der Waals surface area contributed by atoms with Gasteiger partial charge in [0, 0.05) is 17.4 Å². The van der Waals surface area contributed by atoms with Gasteiger partial charge in [0.25, 0.3) is 0 Å². The summed E-state index contributed by atoms with van der Waals surface area (Å²) in [5.41, 5.74) is 3.12. The largest absolute Gasteiger partial charge is 0.497 e. The first-order chi connectivity index (χ1) is 10.5. The second-order valence-electron chi connectivity index (χ2n) is 4.96. The third-order valence-electron chi connectivity index (χ3n) is 3.16. The van der Waals surface area contributed by atoms with Crippen molar-refractivity contribution in [2.45, 2.75) is 13.8 Å². The molecule has 2 aromatic carbocycles. The standard InChI is InChI=1S/C17H18N2O3/c1-11-7-8-15(12(2)9-11)19-17(21)16(20)18-13-5-4-6-14(10-13)22-3/h4-10H,1-3H3,(H,18,20)(H,19,21). The summed E-state index contributed by atoms with van der Waals surface area (Å²) < 4.78 is 5.07. The maximum atomic E-state index is 12.0. The molecule has 2 aromatic rings. The molecule has 0 bridgehead atoms. The van der Waals surface area contributed by atoms with Gasteiger partial charge in [0.15, 0.2) is 0 Å². The summed E-state index contributed by atoms with van der Waals surface area (Å²) in [5.74, 6) is -0.837. The number of aryl methyl sites for hydroxylation is 2. The fourth-order valence-electron chi connectivity index (χ4n) is 2.02. The summed E-state index contributed by atoms with van der Waals surface area (Å²) in [6.07, 6.45) is 0. The molecule has 0 atom stereocenters. The highest BCUT2D eigenvalue weighted by molar-refractivity contribution is 6.43. The summed E-state index contributed by atoms with van der Waals surface area (Å²) in [7, 11) is 1.54. The van der Waals surface area contributed by atoms with E-state index in [1.807, 2.05) is 26.0 Å². The van der Waals surface area contributed by atoms with Crippen LogP contribution in [0.5, 0.6) is 5.75 Å². The number of anilines is 2. The Hall–Kier alpha value is -2.82. The Morgan fingerprint density at radius 3 is 2.36 bits per heavy atom. The average molecular weight is 298 g/mol. The highest BCUT2D eigenvalue weighted by atomic mass is 16.5. The third kappa shape index (κ3) is 3.85. The van der Waals surface area contributed by atoms with Crippen LogP contribution >= 0.6 is 0 Å². The SMILES string of the molecule is COc1cccc(NC(=O)C(=O)Nc2ccc(C)cc2C)c1. The van der Waals surface area contributed by atoms with Crippen LogP contribution in [0.4, 0.5) is 11.4 Å². The van der Waals surface area contributed by atoms with Gasteiger partial charge in [0.2, 0.25) is 0 Å². The third-order valence-corrected chi connectivity index (χ3v) is 3.16. The van der Waals surface area contributed by atoms with Crippen molar-refractivity contribution < 1.29 is 14.3 Å². The van der Waals surface area contributed by atoms with Crippen LogP contribution in [-0.2, 0) is 9.59 Å². The number of ether oxygens (including phenoxy) is 1. The fraction of sp³-hybridized carbons (Fsp3) is 0.176. The zero-order valence-electron chi connectivity index (χ0n) is 12.8. The topological polar surface area (TPSA) is 67.4 Å². The zero-order chi connectivity index (χ0) is 16.1. The van der Waals surface area contributed by atoms with E-state index in [-0.39, 0.29) is 0 Å². The van der Waals surface area contributed by atoms with Crippen LogP contribution in [0.3, 0.4) is 0 Å². The van der Waals surface area contributed by atoms with E-state index < -0.39 is 11.8 Å². The fourth-order valence-corrected chi connectivity index (χ4v) is 2.02. The minimum Gasteiger partial charge on any atom is -0.497 e. The number of hydrogen-bond donors (Lipinski definition) is 2. The van der Waals surface area contributed by atoms with E-state index >= 15 is 0 Å². The normalized spacial score (nSPS) is 9.95. The first-order valence-corrected chi connectivity index (χ1v) is 6.83. The highest BCUT2D eigenvalue weighted by Gasteiger charge is 2.15.